The van der Waals surface area contributed by atoms with Crippen molar-refractivity contribution in [3.63, 3.8) is 0 Å². The molecule has 21 heavy (non-hydrogen) atoms. The Kier molecular flexibility index (Phi) is 2.48. The normalized spacial score (nSPS) is 17.5. The zero-order chi connectivity index (χ0) is 14.6. The molecule has 1 aromatic heterocycles. The van der Waals surface area contributed by atoms with Crippen molar-refractivity contribution in [2.24, 2.45) is 0 Å². The van der Waals surface area contributed by atoms with E-state index in [1.54, 1.807) is 12.1 Å². The molecule has 0 spiro atoms. The lowest BCUT2D eigenvalue weighted by atomic mass is 10.1. The highest BCUT2D eigenvalue weighted by molar-refractivity contribution is 6.52. The molecular weight excluding hydrogens is 270 g/mol. The number of rotatable bonds is 3. The van der Waals surface area contributed by atoms with E-state index in [0.717, 1.165) is 18.4 Å². The van der Waals surface area contributed by atoms with E-state index in [4.69, 9.17) is 4.52 Å². The molecule has 2 aromatic rings. The maximum absolute atomic E-state index is 12.2. The monoisotopic (exact) mass is 283 g/mol. The van der Waals surface area contributed by atoms with E-state index in [1.165, 1.54) is 4.90 Å². The summed E-state index contributed by atoms with van der Waals surface area (Å²) >= 11 is 0. The van der Waals surface area contributed by atoms with Gasteiger partial charge in [-0.3, -0.25) is 14.5 Å². The first-order valence-corrected chi connectivity index (χ1v) is 6.93. The Hall–Kier alpha value is -2.50. The Bertz CT molecular complexity index is 761. The van der Waals surface area contributed by atoms with E-state index in [-0.39, 0.29) is 6.54 Å². The molecular formula is C15H13N3O3. The van der Waals surface area contributed by atoms with E-state index >= 15 is 0 Å². The third kappa shape index (κ3) is 1.86. The van der Waals surface area contributed by atoms with E-state index < -0.39 is 11.7 Å². The van der Waals surface area contributed by atoms with E-state index in [0.29, 0.717) is 28.9 Å². The van der Waals surface area contributed by atoms with Crippen molar-refractivity contribution in [2.75, 3.05) is 4.90 Å². The Balaban J connectivity index is 1.68. The molecule has 0 saturated heterocycles. The van der Waals surface area contributed by atoms with Gasteiger partial charge in [0.05, 0.1) is 17.8 Å². The molecule has 0 radical (unpaired) electrons. The fourth-order valence-electron chi connectivity index (χ4n) is 2.66. The van der Waals surface area contributed by atoms with E-state index in [9.17, 15) is 9.59 Å². The average Bonchev–Trinajstić information content (AvgIpc) is 3.18. The van der Waals surface area contributed by atoms with Crippen molar-refractivity contribution >= 4 is 17.4 Å². The molecule has 0 bridgehead atoms. The van der Waals surface area contributed by atoms with Crippen molar-refractivity contribution < 1.29 is 14.1 Å². The number of aryl methyl sites for hydroxylation is 1. The Morgan fingerprint density at radius 1 is 1.33 bits per heavy atom. The maximum atomic E-state index is 12.2. The lowest BCUT2D eigenvalue weighted by Crippen LogP contribution is -2.30. The Labute approximate surface area is 120 Å². The fraction of sp³-hybridized carbons (Fsp3) is 0.333. The molecule has 1 fully saturated rings. The van der Waals surface area contributed by atoms with Gasteiger partial charge in [0.2, 0.25) is 5.89 Å². The fourth-order valence-corrected chi connectivity index (χ4v) is 2.66. The van der Waals surface area contributed by atoms with Gasteiger partial charge in [-0.25, -0.2) is 0 Å². The van der Waals surface area contributed by atoms with Crippen molar-refractivity contribution in [2.45, 2.75) is 32.2 Å². The van der Waals surface area contributed by atoms with Gasteiger partial charge >= 0.3 is 0 Å². The lowest BCUT2D eigenvalue weighted by Gasteiger charge is -2.16. The molecule has 6 nitrogen and oxygen atoms in total. The van der Waals surface area contributed by atoms with Crippen molar-refractivity contribution in [3.8, 4) is 0 Å². The first kappa shape index (κ1) is 12.3. The van der Waals surface area contributed by atoms with Crippen molar-refractivity contribution in [1.29, 1.82) is 0 Å². The first-order valence-electron chi connectivity index (χ1n) is 6.93. The lowest BCUT2D eigenvalue weighted by molar-refractivity contribution is -0.114. The predicted octanol–water partition coefficient (Wildman–Crippen LogP) is 1.98. The summed E-state index contributed by atoms with van der Waals surface area (Å²) in [5.74, 6) is 0.440. The third-order valence-corrected chi connectivity index (χ3v) is 3.90. The number of carbonyl (C=O) groups excluding carboxylic acids is 2. The van der Waals surface area contributed by atoms with Crippen LogP contribution in [0.5, 0.6) is 0 Å². The number of benzene rings is 1. The summed E-state index contributed by atoms with van der Waals surface area (Å²) in [6.45, 7) is 2.04. The highest BCUT2D eigenvalue weighted by atomic mass is 16.5. The number of fused-ring (bicyclic) bond motifs is 1. The number of aromatic nitrogens is 2. The molecule has 6 heteroatoms. The van der Waals surface area contributed by atoms with Crippen LogP contribution in [-0.4, -0.2) is 21.8 Å². The molecule has 2 aliphatic rings. The number of ketones is 1. The number of Topliss-reactive ketones (excluding diaryl/α,β-unsaturated/α-hetero) is 1. The van der Waals surface area contributed by atoms with Crippen molar-refractivity contribution in [1.82, 2.24) is 10.1 Å². The van der Waals surface area contributed by atoms with Crippen LogP contribution in [0, 0.1) is 6.92 Å². The summed E-state index contributed by atoms with van der Waals surface area (Å²) in [6, 6.07) is 5.33. The maximum Gasteiger partial charge on any atom is 0.299 e. The Morgan fingerprint density at radius 3 is 2.90 bits per heavy atom. The number of para-hydroxylation sites is 1. The number of hydrogen-bond donors (Lipinski definition) is 0. The van der Waals surface area contributed by atoms with Crippen LogP contribution in [0.3, 0.4) is 0 Å². The molecule has 106 valence electrons. The van der Waals surface area contributed by atoms with Crippen LogP contribution in [0.1, 0.15) is 46.4 Å². The summed E-state index contributed by atoms with van der Waals surface area (Å²) in [5, 5.41) is 3.91. The smallest absolute Gasteiger partial charge is 0.299 e. The molecule has 1 aliphatic carbocycles. The van der Waals surface area contributed by atoms with Crippen LogP contribution >= 0.6 is 0 Å². The molecule has 0 unspecified atom stereocenters. The molecule has 0 N–H and O–H groups in total. The van der Waals surface area contributed by atoms with E-state index in [1.807, 2.05) is 13.0 Å². The molecule has 4 rings (SSSR count). The minimum absolute atomic E-state index is 0.165. The summed E-state index contributed by atoms with van der Waals surface area (Å²) < 4.78 is 5.20. The summed E-state index contributed by atoms with van der Waals surface area (Å²) in [6.07, 6.45) is 2.15. The van der Waals surface area contributed by atoms with Gasteiger partial charge in [-0.2, -0.15) is 4.98 Å². The molecule has 0 atom stereocenters. The SMILES string of the molecule is Cc1cccc2c1N(Cc1noc(C3CC3)n1)C(=O)C2=O. The van der Waals surface area contributed by atoms with Gasteiger partial charge < -0.3 is 4.52 Å². The quantitative estimate of drug-likeness (QED) is 0.805. The van der Waals surface area contributed by atoms with Crippen LogP contribution in [0.4, 0.5) is 5.69 Å². The topological polar surface area (TPSA) is 76.3 Å². The minimum atomic E-state index is -0.530. The second-order valence-corrected chi connectivity index (χ2v) is 5.51. The number of hydrogen-bond acceptors (Lipinski definition) is 5. The number of anilines is 1. The van der Waals surface area contributed by atoms with Gasteiger partial charge in [-0.15, -0.1) is 0 Å². The molecule has 2 heterocycles. The number of carbonyl (C=O) groups is 2. The van der Waals surface area contributed by atoms with Crippen LogP contribution < -0.4 is 4.90 Å². The van der Waals surface area contributed by atoms with Crippen LogP contribution in [0.15, 0.2) is 22.7 Å². The van der Waals surface area contributed by atoms with Crippen LogP contribution in [-0.2, 0) is 11.3 Å². The standard InChI is InChI=1S/C15H13N3O3/c1-8-3-2-4-10-12(8)18(15(20)13(10)19)7-11-16-14(21-17-11)9-5-6-9/h2-4,9H,5-7H2,1H3. The minimum Gasteiger partial charge on any atom is -0.339 e. The largest absolute Gasteiger partial charge is 0.339 e. The van der Waals surface area contributed by atoms with E-state index in [2.05, 4.69) is 10.1 Å². The molecule has 1 aliphatic heterocycles. The number of nitrogens with zero attached hydrogens (tertiary/aromatic N) is 3. The third-order valence-electron chi connectivity index (χ3n) is 3.90. The number of amides is 1. The molecule has 1 saturated carbocycles. The van der Waals surface area contributed by atoms with Gasteiger partial charge in [-0.1, -0.05) is 17.3 Å². The highest BCUT2D eigenvalue weighted by Gasteiger charge is 2.38. The summed E-state index contributed by atoms with van der Waals surface area (Å²) in [4.78, 5) is 29.9. The summed E-state index contributed by atoms with van der Waals surface area (Å²) in [7, 11) is 0. The van der Waals surface area contributed by atoms with Gasteiger partial charge in [0, 0.05) is 5.92 Å². The average molecular weight is 283 g/mol. The van der Waals surface area contributed by atoms with Crippen LogP contribution in [0.25, 0.3) is 0 Å². The van der Waals surface area contributed by atoms with Crippen molar-refractivity contribution in [3.05, 3.63) is 41.0 Å². The van der Waals surface area contributed by atoms with Gasteiger partial charge in [0.1, 0.15) is 0 Å². The second-order valence-electron chi connectivity index (χ2n) is 5.51. The van der Waals surface area contributed by atoms with Gasteiger partial charge in [0.25, 0.3) is 11.7 Å². The zero-order valence-electron chi connectivity index (χ0n) is 11.5. The van der Waals surface area contributed by atoms with Gasteiger partial charge in [0.15, 0.2) is 5.82 Å². The second kappa shape index (κ2) is 4.25. The predicted molar refractivity (Wildman–Crippen MR) is 73.0 cm³/mol. The Morgan fingerprint density at radius 2 is 2.14 bits per heavy atom. The van der Waals surface area contributed by atoms with Crippen LogP contribution in [0.2, 0.25) is 0 Å². The zero-order valence-corrected chi connectivity index (χ0v) is 11.5. The van der Waals surface area contributed by atoms with Gasteiger partial charge in [-0.05, 0) is 31.4 Å². The molecule has 1 aromatic carbocycles. The summed E-state index contributed by atoms with van der Waals surface area (Å²) in [5.41, 5.74) is 1.99. The highest BCUT2D eigenvalue weighted by Crippen LogP contribution is 2.39. The first-order chi connectivity index (χ1) is 10.1. The molecule has 1 amide bonds.